The number of nitrogens with one attached hydrogen (secondary N) is 2. The van der Waals surface area contributed by atoms with Crippen molar-refractivity contribution in [1.29, 1.82) is 0 Å². The summed E-state index contributed by atoms with van der Waals surface area (Å²) in [6.45, 7) is 8.27. The van der Waals surface area contributed by atoms with Gasteiger partial charge in [-0.3, -0.25) is 9.59 Å². The second kappa shape index (κ2) is 12.1. The second-order valence-corrected chi connectivity index (χ2v) is 10.1. The van der Waals surface area contributed by atoms with Gasteiger partial charge in [0.05, 0.1) is 22.4 Å². The summed E-state index contributed by atoms with van der Waals surface area (Å²) in [6, 6.07) is 20.2. The van der Waals surface area contributed by atoms with Gasteiger partial charge >= 0.3 is 0 Å². The molecule has 1 aromatic heterocycles. The van der Waals surface area contributed by atoms with E-state index in [1.165, 1.54) is 11.8 Å². The van der Waals surface area contributed by atoms with Crippen LogP contribution in [0.25, 0.3) is 10.8 Å². The van der Waals surface area contributed by atoms with Crippen LogP contribution in [0.3, 0.4) is 0 Å². The number of benzene rings is 3. The molecular weight excluding hydrogens is 506 g/mol. The Bertz CT molecular complexity index is 1430. The highest BCUT2D eigenvalue weighted by atomic mass is 35.5. The number of aromatic nitrogens is 3. The molecular formula is C28H28ClN5O2S. The molecule has 0 saturated heterocycles. The molecule has 2 amide bonds. The minimum Gasteiger partial charge on any atom is -0.342 e. The van der Waals surface area contributed by atoms with Crippen LogP contribution in [0.4, 0.5) is 5.69 Å². The normalized spacial score (nSPS) is 11.9. The third kappa shape index (κ3) is 6.21. The number of rotatable bonds is 10. The van der Waals surface area contributed by atoms with Crippen LogP contribution in [0, 0.1) is 5.92 Å². The summed E-state index contributed by atoms with van der Waals surface area (Å²) in [5, 5.41) is 17.8. The van der Waals surface area contributed by atoms with Crippen LogP contribution in [0.2, 0.25) is 5.02 Å². The van der Waals surface area contributed by atoms with Gasteiger partial charge in [-0.05, 0) is 29.5 Å². The van der Waals surface area contributed by atoms with E-state index in [0.717, 1.165) is 16.5 Å². The number of hydrogen-bond acceptors (Lipinski definition) is 5. The summed E-state index contributed by atoms with van der Waals surface area (Å²) in [6.07, 6.45) is 1.74. The van der Waals surface area contributed by atoms with E-state index in [0.29, 0.717) is 28.1 Å². The minimum atomic E-state index is -0.421. The molecule has 0 aliphatic carbocycles. The Morgan fingerprint density at radius 2 is 1.78 bits per heavy atom. The van der Waals surface area contributed by atoms with E-state index < -0.39 is 6.04 Å². The SMILES string of the molecule is C=CCn1c(SCC(=O)Nc2cccc3ccccc23)nnc1[C@H](NC(=O)c1ccccc1Cl)C(C)C. The van der Waals surface area contributed by atoms with Crippen LogP contribution in [0.15, 0.2) is 84.5 Å². The molecule has 0 fully saturated rings. The molecule has 1 heterocycles. The number of thioether (sulfide) groups is 1. The van der Waals surface area contributed by atoms with E-state index in [1.807, 2.05) is 60.9 Å². The standard InChI is InChI=1S/C28H28ClN5O2S/c1-4-16-34-26(25(18(2)3)31-27(36)21-13-7-8-14-22(21)29)32-33-28(34)37-17-24(35)30-23-15-9-11-19-10-5-6-12-20(19)23/h4-15,18,25H,1,16-17H2,2-3H3,(H,30,35)(H,31,36)/t25-/m1/s1. The van der Waals surface area contributed by atoms with Gasteiger partial charge in [0.25, 0.3) is 5.91 Å². The second-order valence-electron chi connectivity index (χ2n) is 8.78. The van der Waals surface area contributed by atoms with E-state index in [-0.39, 0.29) is 23.5 Å². The number of hydrogen-bond donors (Lipinski definition) is 2. The van der Waals surface area contributed by atoms with E-state index >= 15 is 0 Å². The monoisotopic (exact) mass is 533 g/mol. The minimum absolute atomic E-state index is 0.0201. The highest BCUT2D eigenvalue weighted by Crippen LogP contribution is 2.27. The van der Waals surface area contributed by atoms with Gasteiger partial charge in [0, 0.05) is 17.6 Å². The number of allylic oxidation sites excluding steroid dienone is 1. The summed E-state index contributed by atoms with van der Waals surface area (Å²) >= 11 is 7.51. The summed E-state index contributed by atoms with van der Waals surface area (Å²) in [5.41, 5.74) is 1.16. The molecule has 190 valence electrons. The van der Waals surface area contributed by atoms with Crippen molar-refractivity contribution in [2.45, 2.75) is 31.6 Å². The van der Waals surface area contributed by atoms with Gasteiger partial charge in [0.2, 0.25) is 5.91 Å². The molecule has 0 radical (unpaired) electrons. The van der Waals surface area contributed by atoms with Crippen molar-refractivity contribution in [2.75, 3.05) is 11.1 Å². The maximum atomic E-state index is 13.0. The Labute approximate surface area is 225 Å². The first-order chi connectivity index (χ1) is 17.9. The topological polar surface area (TPSA) is 88.9 Å². The number of amides is 2. The van der Waals surface area contributed by atoms with Gasteiger partial charge in [-0.2, -0.15) is 0 Å². The molecule has 1 atom stereocenters. The summed E-state index contributed by atoms with van der Waals surface area (Å²) in [4.78, 5) is 25.8. The lowest BCUT2D eigenvalue weighted by Gasteiger charge is -2.23. The number of fused-ring (bicyclic) bond motifs is 1. The van der Waals surface area contributed by atoms with Crippen molar-refractivity contribution in [3.05, 3.63) is 95.8 Å². The zero-order valence-electron chi connectivity index (χ0n) is 20.6. The van der Waals surface area contributed by atoms with Crippen molar-refractivity contribution >= 4 is 51.6 Å². The molecule has 4 rings (SSSR count). The van der Waals surface area contributed by atoms with Gasteiger partial charge in [-0.15, -0.1) is 16.8 Å². The summed E-state index contributed by atoms with van der Waals surface area (Å²) in [7, 11) is 0. The first-order valence-corrected chi connectivity index (χ1v) is 13.2. The zero-order valence-corrected chi connectivity index (χ0v) is 22.2. The maximum absolute atomic E-state index is 13.0. The van der Waals surface area contributed by atoms with Crippen molar-refractivity contribution in [3.63, 3.8) is 0 Å². The van der Waals surface area contributed by atoms with Crippen LogP contribution < -0.4 is 10.6 Å². The van der Waals surface area contributed by atoms with Gasteiger partial charge in [0.1, 0.15) is 0 Å². The molecule has 37 heavy (non-hydrogen) atoms. The van der Waals surface area contributed by atoms with Gasteiger partial charge in [-0.1, -0.05) is 91.8 Å². The van der Waals surface area contributed by atoms with E-state index in [1.54, 1.807) is 30.3 Å². The summed E-state index contributed by atoms with van der Waals surface area (Å²) < 4.78 is 1.88. The van der Waals surface area contributed by atoms with Crippen LogP contribution in [0.5, 0.6) is 0 Å². The lowest BCUT2D eigenvalue weighted by atomic mass is 10.0. The smallest absolute Gasteiger partial charge is 0.253 e. The molecule has 4 aromatic rings. The summed E-state index contributed by atoms with van der Waals surface area (Å²) in [5.74, 6) is 0.320. The average molecular weight is 534 g/mol. The van der Waals surface area contributed by atoms with Crippen LogP contribution in [0.1, 0.15) is 36.1 Å². The molecule has 9 heteroatoms. The predicted molar refractivity (Wildman–Crippen MR) is 150 cm³/mol. The fourth-order valence-corrected chi connectivity index (χ4v) is 4.96. The predicted octanol–water partition coefficient (Wildman–Crippen LogP) is 6.13. The highest BCUT2D eigenvalue weighted by molar-refractivity contribution is 7.99. The van der Waals surface area contributed by atoms with E-state index in [2.05, 4.69) is 27.4 Å². The Balaban J connectivity index is 1.50. The van der Waals surface area contributed by atoms with Crippen LogP contribution >= 0.6 is 23.4 Å². The number of halogens is 1. The van der Waals surface area contributed by atoms with Crippen LogP contribution in [-0.2, 0) is 11.3 Å². The number of carbonyl (C=O) groups is 2. The largest absolute Gasteiger partial charge is 0.342 e. The Morgan fingerprint density at radius 3 is 2.54 bits per heavy atom. The lowest BCUT2D eigenvalue weighted by molar-refractivity contribution is -0.113. The fourth-order valence-electron chi connectivity index (χ4n) is 3.98. The van der Waals surface area contributed by atoms with Crippen LogP contribution in [-0.4, -0.2) is 32.3 Å². The fraction of sp³-hybridized carbons (Fsp3) is 0.214. The Morgan fingerprint density at radius 1 is 1.05 bits per heavy atom. The molecule has 3 aromatic carbocycles. The van der Waals surface area contributed by atoms with E-state index in [9.17, 15) is 9.59 Å². The molecule has 0 aliphatic heterocycles. The van der Waals surface area contributed by atoms with Crippen molar-refractivity contribution < 1.29 is 9.59 Å². The third-order valence-electron chi connectivity index (χ3n) is 5.80. The third-order valence-corrected chi connectivity index (χ3v) is 7.10. The average Bonchev–Trinajstić information content (AvgIpc) is 3.28. The Hall–Kier alpha value is -3.62. The molecule has 0 spiro atoms. The van der Waals surface area contributed by atoms with Crippen molar-refractivity contribution in [3.8, 4) is 0 Å². The lowest BCUT2D eigenvalue weighted by Crippen LogP contribution is -2.34. The molecule has 0 unspecified atom stereocenters. The maximum Gasteiger partial charge on any atom is 0.253 e. The van der Waals surface area contributed by atoms with E-state index in [4.69, 9.17) is 11.6 Å². The highest BCUT2D eigenvalue weighted by Gasteiger charge is 2.27. The molecule has 0 saturated carbocycles. The number of anilines is 1. The number of carbonyl (C=O) groups excluding carboxylic acids is 2. The first kappa shape index (κ1) is 26.4. The van der Waals surface area contributed by atoms with Gasteiger partial charge < -0.3 is 15.2 Å². The molecule has 7 nitrogen and oxygen atoms in total. The first-order valence-electron chi connectivity index (χ1n) is 11.9. The number of nitrogens with zero attached hydrogens (tertiary/aromatic N) is 3. The van der Waals surface area contributed by atoms with Gasteiger partial charge in [-0.25, -0.2) is 0 Å². The molecule has 2 N–H and O–H groups in total. The van der Waals surface area contributed by atoms with Gasteiger partial charge in [0.15, 0.2) is 11.0 Å². The zero-order chi connectivity index (χ0) is 26.4. The molecule has 0 aliphatic rings. The molecule has 0 bridgehead atoms. The van der Waals surface area contributed by atoms with Crippen molar-refractivity contribution in [2.24, 2.45) is 5.92 Å². The Kier molecular flexibility index (Phi) is 8.63. The van der Waals surface area contributed by atoms with Crippen molar-refractivity contribution in [1.82, 2.24) is 20.1 Å². The quantitative estimate of drug-likeness (QED) is 0.189.